The molecule has 0 spiro atoms. The molecule has 0 aromatic heterocycles. The third-order valence-corrected chi connectivity index (χ3v) is 4.27. The molecule has 8 heteroatoms. The first kappa shape index (κ1) is 22.9. The molecule has 2 aromatic carbocycles. The summed E-state index contributed by atoms with van der Waals surface area (Å²) in [6.45, 7) is 4.01. The van der Waals surface area contributed by atoms with Gasteiger partial charge in [0, 0.05) is 6.54 Å². The first-order chi connectivity index (χ1) is 14.4. The van der Waals surface area contributed by atoms with Gasteiger partial charge in [0.05, 0.1) is 33.5 Å². The van der Waals surface area contributed by atoms with Gasteiger partial charge in [-0.2, -0.15) is 0 Å². The molecule has 0 heterocycles. The number of hydrogen-bond donors (Lipinski definition) is 1. The van der Waals surface area contributed by atoms with E-state index in [4.69, 9.17) is 23.7 Å². The Morgan fingerprint density at radius 3 is 2.17 bits per heavy atom. The summed E-state index contributed by atoms with van der Waals surface area (Å²) >= 11 is 0. The van der Waals surface area contributed by atoms with E-state index in [2.05, 4.69) is 5.32 Å². The van der Waals surface area contributed by atoms with Crippen molar-refractivity contribution in [3.05, 3.63) is 47.5 Å². The zero-order valence-corrected chi connectivity index (χ0v) is 17.8. The lowest BCUT2D eigenvalue weighted by atomic mass is 10.2. The van der Waals surface area contributed by atoms with Gasteiger partial charge in [-0.1, -0.05) is 6.07 Å². The van der Waals surface area contributed by atoms with Crippen LogP contribution in [0.4, 0.5) is 0 Å². The quantitative estimate of drug-likeness (QED) is 0.594. The number of ether oxygens (including phenoxy) is 5. The summed E-state index contributed by atoms with van der Waals surface area (Å²) in [7, 11) is 4.61. The van der Waals surface area contributed by atoms with Gasteiger partial charge in [0.1, 0.15) is 0 Å². The summed E-state index contributed by atoms with van der Waals surface area (Å²) in [4.78, 5) is 24.8. The number of nitrogens with one attached hydrogen (secondary N) is 1. The zero-order valence-electron chi connectivity index (χ0n) is 17.8. The van der Waals surface area contributed by atoms with E-state index in [-0.39, 0.29) is 12.1 Å². The van der Waals surface area contributed by atoms with Crippen molar-refractivity contribution in [2.24, 2.45) is 0 Å². The first-order valence-electron chi connectivity index (χ1n) is 9.43. The van der Waals surface area contributed by atoms with Crippen molar-refractivity contribution in [3.63, 3.8) is 0 Å². The third-order valence-electron chi connectivity index (χ3n) is 4.27. The molecule has 0 saturated carbocycles. The van der Waals surface area contributed by atoms with Crippen molar-refractivity contribution >= 4 is 11.9 Å². The molecule has 8 nitrogen and oxygen atoms in total. The highest BCUT2D eigenvalue weighted by atomic mass is 16.5. The number of amides is 1. The lowest BCUT2D eigenvalue weighted by Gasteiger charge is -2.15. The molecular formula is C22H27NO7. The Morgan fingerprint density at radius 2 is 1.53 bits per heavy atom. The van der Waals surface area contributed by atoms with Crippen LogP contribution in [0.1, 0.15) is 29.8 Å². The Bertz CT molecular complexity index is 882. The maximum atomic E-state index is 12.4. The second kappa shape index (κ2) is 10.9. The number of benzene rings is 2. The van der Waals surface area contributed by atoms with Crippen molar-refractivity contribution in [2.45, 2.75) is 26.5 Å². The molecule has 0 radical (unpaired) electrons. The number of hydrogen-bond acceptors (Lipinski definition) is 7. The van der Waals surface area contributed by atoms with Crippen molar-refractivity contribution in [3.8, 4) is 23.0 Å². The van der Waals surface area contributed by atoms with Crippen LogP contribution in [0.15, 0.2) is 36.4 Å². The highest BCUT2D eigenvalue weighted by molar-refractivity contribution is 5.92. The average Bonchev–Trinajstić information content (AvgIpc) is 2.77. The molecule has 0 fully saturated rings. The number of carbonyl (C=O) groups is 2. The summed E-state index contributed by atoms with van der Waals surface area (Å²) in [6.07, 6.45) is -0.977. The van der Waals surface area contributed by atoms with E-state index in [1.165, 1.54) is 27.2 Å². The van der Waals surface area contributed by atoms with Crippen LogP contribution in [0.3, 0.4) is 0 Å². The highest BCUT2D eigenvalue weighted by Gasteiger charge is 2.20. The third kappa shape index (κ3) is 5.79. The van der Waals surface area contributed by atoms with Crippen LogP contribution in [-0.2, 0) is 16.1 Å². The van der Waals surface area contributed by atoms with Crippen LogP contribution in [0.2, 0.25) is 0 Å². The fourth-order valence-electron chi connectivity index (χ4n) is 2.68. The van der Waals surface area contributed by atoms with Crippen LogP contribution < -0.4 is 24.3 Å². The van der Waals surface area contributed by atoms with Crippen molar-refractivity contribution in [1.82, 2.24) is 5.32 Å². The van der Waals surface area contributed by atoms with Gasteiger partial charge in [-0.3, -0.25) is 4.79 Å². The van der Waals surface area contributed by atoms with Gasteiger partial charge >= 0.3 is 5.97 Å². The topological polar surface area (TPSA) is 92.3 Å². The van der Waals surface area contributed by atoms with E-state index in [0.717, 1.165) is 5.56 Å². The van der Waals surface area contributed by atoms with E-state index in [1.54, 1.807) is 31.4 Å². The maximum Gasteiger partial charge on any atom is 0.339 e. The van der Waals surface area contributed by atoms with Gasteiger partial charge in [0.15, 0.2) is 29.1 Å². The molecule has 0 aliphatic carbocycles. The van der Waals surface area contributed by atoms with Gasteiger partial charge in [0.25, 0.3) is 5.91 Å². The standard InChI is InChI=1S/C22H27NO7/c1-6-29-20-12-16(8-10-18(20)27-4)22(25)30-14(2)21(24)23-13-15-7-9-17(26-3)19(11-15)28-5/h7-12,14H,6,13H2,1-5H3,(H,23,24)/t14-/m0/s1. The average molecular weight is 417 g/mol. The second-order valence-electron chi connectivity index (χ2n) is 6.25. The molecule has 1 N–H and O–H groups in total. The zero-order chi connectivity index (χ0) is 22.1. The van der Waals surface area contributed by atoms with Crippen LogP contribution in [0, 0.1) is 0 Å². The number of esters is 1. The summed E-state index contributed by atoms with van der Waals surface area (Å²) in [5.41, 5.74) is 1.08. The van der Waals surface area contributed by atoms with Crippen molar-refractivity contribution in [2.75, 3.05) is 27.9 Å². The number of methoxy groups -OCH3 is 3. The molecule has 0 bridgehead atoms. The molecule has 0 aliphatic rings. The molecule has 30 heavy (non-hydrogen) atoms. The van der Waals surface area contributed by atoms with Gasteiger partial charge in [-0.05, 0) is 49.7 Å². The molecule has 162 valence electrons. The van der Waals surface area contributed by atoms with E-state index < -0.39 is 18.0 Å². The molecule has 0 aliphatic heterocycles. The van der Waals surface area contributed by atoms with E-state index in [9.17, 15) is 9.59 Å². The molecular weight excluding hydrogens is 390 g/mol. The molecule has 0 unspecified atom stereocenters. The minimum Gasteiger partial charge on any atom is -0.493 e. The molecule has 2 rings (SSSR count). The lowest BCUT2D eigenvalue weighted by molar-refractivity contribution is -0.129. The smallest absolute Gasteiger partial charge is 0.339 e. The van der Waals surface area contributed by atoms with Crippen molar-refractivity contribution in [1.29, 1.82) is 0 Å². The minimum absolute atomic E-state index is 0.248. The first-order valence-corrected chi connectivity index (χ1v) is 9.43. The predicted molar refractivity (Wildman–Crippen MR) is 110 cm³/mol. The SMILES string of the molecule is CCOc1cc(C(=O)O[C@@H](C)C(=O)NCc2ccc(OC)c(OC)c2)ccc1OC. The molecule has 0 saturated heterocycles. The van der Waals surface area contributed by atoms with Crippen molar-refractivity contribution < 1.29 is 33.3 Å². The Hall–Kier alpha value is -3.42. The monoisotopic (exact) mass is 417 g/mol. The Balaban J connectivity index is 1.97. The highest BCUT2D eigenvalue weighted by Crippen LogP contribution is 2.29. The minimum atomic E-state index is -0.977. The number of carbonyl (C=O) groups excluding carboxylic acids is 2. The van der Waals surface area contributed by atoms with Crippen LogP contribution >= 0.6 is 0 Å². The van der Waals surface area contributed by atoms with Crippen LogP contribution in [-0.4, -0.2) is 45.9 Å². The summed E-state index contributed by atoms with van der Waals surface area (Å²) < 4.78 is 26.4. The van der Waals surface area contributed by atoms with E-state index in [1.807, 2.05) is 13.0 Å². The Labute approximate surface area is 176 Å². The Morgan fingerprint density at radius 1 is 0.900 bits per heavy atom. The van der Waals surface area contributed by atoms with Gasteiger partial charge < -0.3 is 29.0 Å². The lowest BCUT2D eigenvalue weighted by Crippen LogP contribution is -2.35. The molecule has 1 amide bonds. The Kier molecular flexibility index (Phi) is 8.34. The summed E-state index contributed by atoms with van der Waals surface area (Å²) in [5, 5.41) is 2.74. The molecule has 2 aromatic rings. The van der Waals surface area contributed by atoms with E-state index >= 15 is 0 Å². The van der Waals surface area contributed by atoms with Gasteiger partial charge in [0.2, 0.25) is 0 Å². The summed E-state index contributed by atoms with van der Waals surface area (Å²) in [5.74, 6) is 1.05. The number of rotatable bonds is 10. The van der Waals surface area contributed by atoms with Crippen LogP contribution in [0.5, 0.6) is 23.0 Å². The molecule has 1 atom stereocenters. The van der Waals surface area contributed by atoms with Gasteiger partial charge in [-0.15, -0.1) is 0 Å². The summed E-state index contributed by atoms with van der Waals surface area (Å²) in [6, 6.07) is 10.0. The van der Waals surface area contributed by atoms with E-state index in [0.29, 0.717) is 29.6 Å². The normalized spacial score (nSPS) is 11.2. The van der Waals surface area contributed by atoms with Crippen LogP contribution in [0.25, 0.3) is 0 Å². The predicted octanol–water partition coefficient (Wildman–Crippen LogP) is 2.97. The largest absolute Gasteiger partial charge is 0.493 e. The second-order valence-corrected chi connectivity index (χ2v) is 6.25. The fraction of sp³-hybridized carbons (Fsp3) is 0.364. The van der Waals surface area contributed by atoms with Gasteiger partial charge in [-0.25, -0.2) is 4.79 Å². The maximum absolute atomic E-state index is 12.4. The fourth-order valence-corrected chi connectivity index (χ4v) is 2.68.